The molecule has 15 heavy (non-hydrogen) atoms. The molecular weight excluding hydrogens is 314 g/mol. The van der Waals surface area contributed by atoms with E-state index >= 15 is 0 Å². The maximum atomic E-state index is 9.32. The van der Waals surface area contributed by atoms with Gasteiger partial charge in [-0.05, 0) is 0 Å². The summed E-state index contributed by atoms with van der Waals surface area (Å²) in [5.41, 5.74) is 0. The second kappa shape index (κ2) is 11.2. The molecule has 0 fully saturated rings. The van der Waals surface area contributed by atoms with Gasteiger partial charge in [-0.2, -0.15) is 0 Å². The monoisotopic (exact) mass is 316 g/mol. The second-order valence-corrected chi connectivity index (χ2v) is 3.70. The molecule has 0 aliphatic rings. The smallest absolute Gasteiger partial charge is 0.790 e. The SMILES string of the molecule is O=C(O)O.O=P([O-])([O-])OP(=O)([O-])[O-].[Ca+2].[Ca+2]. The predicted molar refractivity (Wildman–Crippen MR) is 38.5 cm³/mol. The molecule has 2 N–H and O–H groups in total. The second-order valence-electron chi connectivity index (χ2n) is 1.26. The van der Waals surface area contributed by atoms with Gasteiger partial charge in [0.2, 0.25) is 0 Å². The van der Waals surface area contributed by atoms with Crippen LogP contribution < -0.4 is 19.6 Å². The molecule has 0 saturated heterocycles. The first-order chi connectivity index (χ1) is 5.44. The Bertz CT molecular complexity index is 226. The third-order valence-electron chi connectivity index (χ3n) is 0.200. The van der Waals surface area contributed by atoms with Gasteiger partial charge < -0.3 is 43.2 Å². The van der Waals surface area contributed by atoms with Crippen LogP contribution >= 0.6 is 15.6 Å². The van der Waals surface area contributed by atoms with Crippen molar-refractivity contribution in [3.8, 4) is 0 Å². The molecule has 0 bridgehead atoms. The summed E-state index contributed by atoms with van der Waals surface area (Å²) >= 11 is 0. The van der Waals surface area contributed by atoms with Crippen LogP contribution in [-0.2, 0) is 13.4 Å². The van der Waals surface area contributed by atoms with Crippen molar-refractivity contribution in [3.63, 3.8) is 0 Å². The number of rotatable bonds is 2. The van der Waals surface area contributed by atoms with Crippen LogP contribution in [0, 0.1) is 0 Å². The van der Waals surface area contributed by atoms with Crippen LogP contribution in [0.1, 0.15) is 0 Å². The number of phosphoric acid groups is 2. The largest absolute Gasteiger partial charge is 2.00 e. The number of carboxylic acid groups (broad SMARTS) is 2. The van der Waals surface area contributed by atoms with Crippen LogP contribution in [0.3, 0.4) is 0 Å². The van der Waals surface area contributed by atoms with Gasteiger partial charge in [-0.25, -0.2) is 4.79 Å². The molecule has 0 atom stereocenters. The third-order valence-corrected chi connectivity index (χ3v) is 1.80. The Labute approximate surface area is 143 Å². The first kappa shape index (κ1) is 25.8. The molecule has 14 heteroatoms. The van der Waals surface area contributed by atoms with Crippen molar-refractivity contribution < 1.29 is 48.0 Å². The van der Waals surface area contributed by atoms with Crippen molar-refractivity contribution in [2.75, 3.05) is 0 Å². The molecule has 0 radical (unpaired) electrons. The fourth-order valence-electron chi connectivity index (χ4n) is 0.122. The first-order valence-electron chi connectivity index (χ1n) is 2.11. The van der Waals surface area contributed by atoms with Crippen LogP contribution in [0.5, 0.6) is 0 Å². The topological polar surface area (TPSA) is 193 Å². The average molecular weight is 316 g/mol. The van der Waals surface area contributed by atoms with Crippen LogP contribution in [0.2, 0.25) is 0 Å². The summed E-state index contributed by atoms with van der Waals surface area (Å²) in [4.78, 5) is 45.9. The molecule has 0 amide bonds. The van der Waals surface area contributed by atoms with Gasteiger partial charge in [-0.3, -0.25) is 0 Å². The fourth-order valence-corrected chi connectivity index (χ4v) is 1.10. The average Bonchev–Trinajstić information content (AvgIpc) is 1.47. The van der Waals surface area contributed by atoms with Crippen LogP contribution in [0.15, 0.2) is 0 Å². The zero-order valence-electron chi connectivity index (χ0n) is 6.97. The summed E-state index contributed by atoms with van der Waals surface area (Å²) in [7, 11) is -11.4. The third kappa shape index (κ3) is 48.9. The van der Waals surface area contributed by atoms with E-state index in [-0.39, 0.29) is 75.5 Å². The van der Waals surface area contributed by atoms with Crippen molar-refractivity contribution in [1.82, 2.24) is 0 Å². The van der Waals surface area contributed by atoms with Gasteiger partial charge >= 0.3 is 81.6 Å². The van der Waals surface area contributed by atoms with E-state index in [0.29, 0.717) is 0 Å². The first-order valence-corrected chi connectivity index (χ1v) is 5.03. The quantitative estimate of drug-likeness (QED) is 0.375. The predicted octanol–water partition coefficient (Wildman–Crippen LogP) is -3.88. The van der Waals surface area contributed by atoms with Gasteiger partial charge in [0, 0.05) is 0 Å². The van der Waals surface area contributed by atoms with E-state index in [4.69, 9.17) is 15.0 Å². The number of carbonyl (C=O) groups is 1. The minimum absolute atomic E-state index is 0. The summed E-state index contributed by atoms with van der Waals surface area (Å²) in [6, 6.07) is 0. The molecule has 0 heterocycles. The van der Waals surface area contributed by atoms with Gasteiger partial charge in [0.1, 0.15) is 0 Å². The summed E-state index contributed by atoms with van der Waals surface area (Å²) in [5, 5.41) is 13.9. The minimum Gasteiger partial charge on any atom is -0.790 e. The van der Waals surface area contributed by atoms with Crippen molar-refractivity contribution in [3.05, 3.63) is 0 Å². The molecule has 80 valence electrons. The Kier molecular flexibility index (Phi) is 19.2. The number of hydrogen-bond acceptors (Lipinski definition) is 8. The molecule has 0 aromatic heterocycles. The van der Waals surface area contributed by atoms with Crippen molar-refractivity contribution in [2.24, 2.45) is 0 Å². The summed E-state index contributed by atoms with van der Waals surface area (Å²) < 4.78 is 21.2. The van der Waals surface area contributed by atoms with E-state index in [1.807, 2.05) is 0 Å². The van der Waals surface area contributed by atoms with E-state index in [1.165, 1.54) is 0 Å². The maximum absolute atomic E-state index is 9.32. The Hall–Kier alpha value is 2.05. The Morgan fingerprint density at radius 1 is 0.933 bits per heavy atom. The zero-order valence-corrected chi connectivity index (χ0v) is 13.2. The van der Waals surface area contributed by atoms with Crippen molar-refractivity contribution in [1.29, 1.82) is 0 Å². The minimum atomic E-state index is -5.68. The zero-order chi connectivity index (χ0) is 11.3. The molecule has 0 aliphatic carbocycles. The Morgan fingerprint density at radius 2 is 1.07 bits per heavy atom. The van der Waals surface area contributed by atoms with Gasteiger partial charge in [-0.15, -0.1) is 0 Å². The van der Waals surface area contributed by atoms with E-state index in [1.54, 1.807) is 0 Å². The molecular formula is CH2Ca2O10P2. The number of hydrogen-bond donors (Lipinski definition) is 2. The van der Waals surface area contributed by atoms with Crippen molar-refractivity contribution >= 4 is 97.3 Å². The van der Waals surface area contributed by atoms with E-state index in [2.05, 4.69) is 4.31 Å². The van der Waals surface area contributed by atoms with Gasteiger partial charge in [0.05, 0.1) is 15.6 Å². The van der Waals surface area contributed by atoms with Crippen LogP contribution in [0.4, 0.5) is 4.79 Å². The fraction of sp³-hybridized carbons (Fsp3) is 0. The van der Waals surface area contributed by atoms with Crippen LogP contribution in [0.25, 0.3) is 0 Å². The molecule has 0 rings (SSSR count). The molecule has 10 nitrogen and oxygen atoms in total. The van der Waals surface area contributed by atoms with Crippen LogP contribution in [-0.4, -0.2) is 91.8 Å². The van der Waals surface area contributed by atoms with E-state index in [9.17, 15) is 28.7 Å². The molecule has 0 spiro atoms. The summed E-state index contributed by atoms with van der Waals surface area (Å²) in [5.74, 6) is 0. The molecule has 0 aromatic carbocycles. The Morgan fingerprint density at radius 3 is 1.07 bits per heavy atom. The van der Waals surface area contributed by atoms with Gasteiger partial charge in [0.25, 0.3) is 0 Å². The standard InChI is InChI=1S/CH2O3.2Ca.H4O7P2/c2-1(3)4;;;1-8(2,3)7-9(4,5)6/h(H2,2,3,4);;;(H2,1,2,3)(H2,4,5,6)/q;2*+2;/p-4. The normalized spacial score (nSPS) is 9.87. The Balaban J connectivity index is -0.0000000883. The summed E-state index contributed by atoms with van der Waals surface area (Å²) in [6.45, 7) is 0. The molecule has 0 aliphatic heterocycles. The maximum Gasteiger partial charge on any atom is 2.00 e. The molecule has 0 saturated carbocycles. The van der Waals surface area contributed by atoms with Gasteiger partial charge in [0.15, 0.2) is 0 Å². The van der Waals surface area contributed by atoms with Gasteiger partial charge in [-0.1, -0.05) is 0 Å². The van der Waals surface area contributed by atoms with Crippen molar-refractivity contribution in [2.45, 2.75) is 0 Å². The molecule has 0 unspecified atom stereocenters. The molecule has 0 aromatic rings. The van der Waals surface area contributed by atoms with E-state index in [0.717, 1.165) is 0 Å². The summed E-state index contributed by atoms with van der Waals surface area (Å²) in [6.07, 6.45) is -1.83. The van der Waals surface area contributed by atoms with E-state index < -0.39 is 21.8 Å².